The number of nitrogens with zero attached hydrogens (tertiary/aromatic N) is 1. The normalized spacial score (nSPS) is 7.11. The molecule has 0 spiro atoms. The predicted molar refractivity (Wildman–Crippen MR) is 26.9 cm³/mol. The maximum atomic E-state index is 10.2. The highest BCUT2D eigenvalue weighted by molar-refractivity contribution is 5.65. The molecule has 0 bridgehead atoms. The van der Waals surface area contributed by atoms with Gasteiger partial charge in [0, 0.05) is 0 Å². The van der Waals surface area contributed by atoms with Crippen LogP contribution in [0.25, 0.3) is 0 Å². The minimum atomic E-state index is -0.765. The van der Waals surface area contributed by atoms with Crippen LogP contribution in [0, 0.1) is 11.5 Å². The standard InChI is InChI=1S/C4H6N2O3/c1-2-8-4(7)6-9-3-5/h2H2,1H3,(H,6,7). The number of nitriles is 1. The van der Waals surface area contributed by atoms with Crippen LogP contribution >= 0.6 is 0 Å². The second-order valence-electron chi connectivity index (χ2n) is 1.02. The molecule has 0 fully saturated rings. The molecule has 0 aromatic rings. The summed E-state index contributed by atoms with van der Waals surface area (Å²) in [6, 6.07) is 0. The molecule has 50 valence electrons. The van der Waals surface area contributed by atoms with E-state index in [1.165, 1.54) is 6.26 Å². The second kappa shape index (κ2) is 4.71. The summed E-state index contributed by atoms with van der Waals surface area (Å²) in [6.45, 7) is 1.90. The van der Waals surface area contributed by atoms with Gasteiger partial charge in [-0.05, 0) is 6.92 Å². The number of nitrogens with one attached hydrogen (secondary N) is 1. The van der Waals surface area contributed by atoms with E-state index < -0.39 is 6.09 Å². The molecule has 5 nitrogen and oxygen atoms in total. The monoisotopic (exact) mass is 130 g/mol. The van der Waals surface area contributed by atoms with Crippen LogP contribution in [0.15, 0.2) is 0 Å². The molecule has 0 heterocycles. The van der Waals surface area contributed by atoms with Gasteiger partial charge in [0.15, 0.2) is 0 Å². The van der Waals surface area contributed by atoms with Gasteiger partial charge in [-0.25, -0.2) is 4.79 Å². The number of rotatable bonds is 2. The van der Waals surface area contributed by atoms with E-state index in [1.54, 1.807) is 12.4 Å². The number of hydrogen-bond acceptors (Lipinski definition) is 4. The Morgan fingerprint density at radius 3 is 3.00 bits per heavy atom. The molecule has 1 N–H and O–H groups in total. The lowest BCUT2D eigenvalue weighted by atomic mass is 10.9. The van der Waals surface area contributed by atoms with E-state index in [9.17, 15) is 4.79 Å². The van der Waals surface area contributed by atoms with Gasteiger partial charge in [0.1, 0.15) is 0 Å². The smallest absolute Gasteiger partial charge is 0.441 e. The fraction of sp³-hybridized carbons (Fsp3) is 0.500. The molecule has 0 aromatic heterocycles. The molecule has 0 rings (SSSR count). The van der Waals surface area contributed by atoms with Crippen molar-refractivity contribution in [3.63, 3.8) is 0 Å². The molecule has 0 aliphatic rings. The van der Waals surface area contributed by atoms with Crippen molar-refractivity contribution >= 4 is 6.09 Å². The minimum absolute atomic E-state index is 0.251. The van der Waals surface area contributed by atoms with Gasteiger partial charge in [-0.3, -0.25) is 4.84 Å². The minimum Gasteiger partial charge on any atom is -0.448 e. The molecular formula is C4H6N2O3. The van der Waals surface area contributed by atoms with E-state index in [0.29, 0.717) is 0 Å². The maximum Gasteiger partial charge on any atom is 0.441 e. The Bertz CT molecular complexity index is 128. The molecular weight excluding hydrogens is 124 g/mol. The molecule has 0 atom stereocenters. The first-order valence-electron chi connectivity index (χ1n) is 2.29. The van der Waals surface area contributed by atoms with Crippen LogP contribution in [0.2, 0.25) is 0 Å². The third kappa shape index (κ3) is 4.41. The highest BCUT2D eigenvalue weighted by Crippen LogP contribution is 1.73. The summed E-state index contributed by atoms with van der Waals surface area (Å²) in [5.41, 5.74) is 1.71. The molecule has 0 aliphatic heterocycles. The largest absolute Gasteiger partial charge is 0.448 e. The quantitative estimate of drug-likeness (QED) is 0.426. The van der Waals surface area contributed by atoms with Crippen molar-refractivity contribution in [3.05, 3.63) is 0 Å². The van der Waals surface area contributed by atoms with Gasteiger partial charge in [-0.2, -0.15) is 0 Å². The summed E-state index contributed by atoms with van der Waals surface area (Å²) in [5.74, 6) is 0. The highest BCUT2D eigenvalue weighted by atomic mass is 16.7. The van der Waals surface area contributed by atoms with Crippen LogP contribution < -0.4 is 5.48 Å². The van der Waals surface area contributed by atoms with Crippen molar-refractivity contribution in [1.82, 2.24) is 5.48 Å². The Balaban J connectivity index is 3.19. The average Bonchev–Trinajstić information content (AvgIpc) is 1.85. The third-order valence-corrected chi connectivity index (χ3v) is 0.455. The van der Waals surface area contributed by atoms with Crippen molar-refractivity contribution in [1.29, 1.82) is 5.26 Å². The van der Waals surface area contributed by atoms with Crippen molar-refractivity contribution in [2.75, 3.05) is 6.61 Å². The van der Waals surface area contributed by atoms with Crippen molar-refractivity contribution in [3.8, 4) is 6.26 Å². The van der Waals surface area contributed by atoms with Crippen LogP contribution in [0.5, 0.6) is 0 Å². The van der Waals surface area contributed by atoms with Crippen molar-refractivity contribution in [2.24, 2.45) is 0 Å². The van der Waals surface area contributed by atoms with Gasteiger partial charge in [0.2, 0.25) is 0 Å². The van der Waals surface area contributed by atoms with E-state index in [1.807, 2.05) is 0 Å². The Morgan fingerprint density at radius 1 is 1.89 bits per heavy atom. The van der Waals surface area contributed by atoms with Crippen LogP contribution in [0.1, 0.15) is 6.92 Å². The summed E-state index contributed by atoms with van der Waals surface area (Å²) in [7, 11) is 0. The van der Waals surface area contributed by atoms with Crippen LogP contribution in [-0.2, 0) is 9.57 Å². The average molecular weight is 130 g/mol. The molecule has 1 amide bonds. The van der Waals surface area contributed by atoms with E-state index in [2.05, 4.69) is 9.57 Å². The summed E-state index contributed by atoms with van der Waals surface area (Å²) >= 11 is 0. The SMILES string of the molecule is CCOC(=O)NOC#N. The summed E-state index contributed by atoms with van der Waals surface area (Å²) < 4.78 is 4.32. The van der Waals surface area contributed by atoms with Gasteiger partial charge in [-0.1, -0.05) is 0 Å². The lowest BCUT2D eigenvalue weighted by molar-refractivity contribution is 0.0892. The Labute approximate surface area is 52.1 Å². The van der Waals surface area contributed by atoms with Gasteiger partial charge >= 0.3 is 12.3 Å². The molecule has 0 saturated heterocycles. The molecule has 0 aromatic carbocycles. The second-order valence-corrected chi connectivity index (χ2v) is 1.02. The lowest BCUT2D eigenvalue weighted by Crippen LogP contribution is -2.22. The van der Waals surface area contributed by atoms with E-state index in [-0.39, 0.29) is 6.61 Å². The van der Waals surface area contributed by atoms with E-state index in [0.717, 1.165) is 0 Å². The zero-order valence-electron chi connectivity index (χ0n) is 4.88. The molecule has 9 heavy (non-hydrogen) atoms. The number of carbonyl (C=O) groups excluding carboxylic acids is 1. The zero-order chi connectivity index (χ0) is 7.11. The fourth-order valence-electron chi connectivity index (χ4n) is 0.225. The van der Waals surface area contributed by atoms with Gasteiger partial charge in [0.25, 0.3) is 0 Å². The Morgan fingerprint density at radius 2 is 2.56 bits per heavy atom. The van der Waals surface area contributed by atoms with Crippen molar-refractivity contribution < 1.29 is 14.4 Å². The zero-order valence-corrected chi connectivity index (χ0v) is 4.88. The molecule has 0 aliphatic carbocycles. The van der Waals surface area contributed by atoms with Gasteiger partial charge in [-0.15, -0.1) is 10.7 Å². The predicted octanol–water partition coefficient (Wildman–Crippen LogP) is 0.145. The fourth-order valence-corrected chi connectivity index (χ4v) is 0.225. The van der Waals surface area contributed by atoms with E-state index in [4.69, 9.17) is 5.26 Å². The summed E-state index contributed by atoms with van der Waals surface area (Å²) in [4.78, 5) is 14.0. The van der Waals surface area contributed by atoms with Crippen LogP contribution in [0.3, 0.4) is 0 Å². The Hall–Kier alpha value is -1.44. The highest BCUT2D eigenvalue weighted by Gasteiger charge is 1.96. The first-order chi connectivity index (χ1) is 4.31. The number of ether oxygens (including phenoxy) is 1. The molecule has 0 unspecified atom stereocenters. The van der Waals surface area contributed by atoms with Crippen LogP contribution in [0.4, 0.5) is 4.79 Å². The van der Waals surface area contributed by atoms with E-state index >= 15 is 0 Å². The summed E-state index contributed by atoms with van der Waals surface area (Å²) in [5, 5.41) is 7.74. The molecule has 0 radical (unpaired) electrons. The van der Waals surface area contributed by atoms with Gasteiger partial charge in [0.05, 0.1) is 6.61 Å². The topological polar surface area (TPSA) is 71.3 Å². The molecule has 0 saturated carbocycles. The van der Waals surface area contributed by atoms with Gasteiger partial charge < -0.3 is 4.74 Å². The lowest BCUT2D eigenvalue weighted by Gasteiger charge is -1.97. The first-order valence-corrected chi connectivity index (χ1v) is 2.29. The molecule has 5 heteroatoms. The maximum absolute atomic E-state index is 10.2. The number of carbonyl (C=O) groups is 1. The first kappa shape index (κ1) is 7.56. The number of hydrogen-bond donors (Lipinski definition) is 1. The summed E-state index contributed by atoms with van der Waals surface area (Å²) in [6.07, 6.45) is 0.480. The van der Waals surface area contributed by atoms with Crippen LogP contribution in [-0.4, -0.2) is 12.7 Å². The number of hydroxylamine groups is 1. The van der Waals surface area contributed by atoms with Crippen molar-refractivity contribution in [2.45, 2.75) is 6.92 Å². The number of amides is 1. The third-order valence-electron chi connectivity index (χ3n) is 0.455. The Kier molecular flexibility index (Phi) is 3.96.